The van der Waals surface area contributed by atoms with Gasteiger partial charge in [-0.05, 0) is 73.4 Å². The quantitative estimate of drug-likeness (QED) is 0.258. The molecule has 0 heterocycles. The fourth-order valence-corrected chi connectivity index (χ4v) is 6.73. The molecule has 0 aliphatic heterocycles. The predicted molar refractivity (Wildman–Crippen MR) is 168 cm³/mol. The minimum absolute atomic E-state index is 0.122. The molecule has 2 aliphatic carbocycles. The summed E-state index contributed by atoms with van der Waals surface area (Å²) in [7, 11) is 0. The molecule has 0 saturated heterocycles. The second-order valence-electron chi connectivity index (χ2n) is 13.5. The van der Waals surface area contributed by atoms with Gasteiger partial charge < -0.3 is 0 Å². The molecule has 0 radical (unpaired) electrons. The van der Waals surface area contributed by atoms with Crippen LogP contribution >= 0.6 is 0 Å². The highest BCUT2D eigenvalue weighted by Crippen LogP contribution is 2.55. The van der Waals surface area contributed by atoms with Gasteiger partial charge in [-0.2, -0.15) is 0 Å². The van der Waals surface area contributed by atoms with E-state index in [9.17, 15) is 0 Å². The van der Waals surface area contributed by atoms with Crippen LogP contribution in [0.4, 0.5) is 0 Å². The van der Waals surface area contributed by atoms with Crippen molar-refractivity contribution < 1.29 is 0 Å². The molecule has 2 aliphatic rings. The number of aryl methyl sites for hydroxylation is 1. The van der Waals surface area contributed by atoms with E-state index in [1.54, 1.807) is 0 Å². The summed E-state index contributed by atoms with van der Waals surface area (Å²) in [5.74, 6) is 0.223. The first-order valence-corrected chi connectivity index (χ1v) is 14.3. The van der Waals surface area contributed by atoms with E-state index in [0.717, 1.165) is 0 Å². The standard InChI is InChI=1S/C39H40/c1-26-25-30(38(5,6)7)19-21-34(26)39(24-23-28-11-8-9-14-35(28)39)36-22-20-32-31(12-10-13-33(32)36)27-15-17-29(18-16-27)37(2,3)4/h8-25,36H,1-7H3. The molecule has 2 atom stereocenters. The monoisotopic (exact) mass is 508 g/mol. The summed E-state index contributed by atoms with van der Waals surface area (Å²) in [6, 6.07) is 32.2. The van der Waals surface area contributed by atoms with E-state index in [1.165, 1.54) is 55.6 Å². The van der Waals surface area contributed by atoms with Crippen molar-refractivity contribution >= 4 is 12.2 Å². The average molecular weight is 509 g/mol. The molecule has 39 heavy (non-hydrogen) atoms. The van der Waals surface area contributed by atoms with Crippen LogP contribution in [0.25, 0.3) is 23.3 Å². The molecule has 196 valence electrons. The number of hydrogen-bond donors (Lipinski definition) is 0. The second kappa shape index (κ2) is 8.95. The third-order valence-corrected chi connectivity index (χ3v) is 8.95. The highest BCUT2D eigenvalue weighted by Gasteiger charge is 2.46. The summed E-state index contributed by atoms with van der Waals surface area (Å²) in [4.78, 5) is 0. The minimum Gasteiger partial charge on any atom is -0.0748 e. The predicted octanol–water partition coefficient (Wildman–Crippen LogP) is 10.4. The molecule has 0 N–H and O–H groups in total. The van der Waals surface area contributed by atoms with E-state index in [-0.39, 0.29) is 22.2 Å². The van der Waals surface area contributed by atoms with Crippen molar-refractivity contribution in [2.75, 3.05) is 0 Å². The third-order valence-electron chi connectivity index (χ3n) is 8.95. The lowest BCUT2D eigenvalue weighted by Crippen LogP contribution is -2.31. The van der Waals surface area contributed by atoms with Gasteiger partial charge in [-0.15, -0.1) is 0 Å². The van der Waals surface area contributed by atoms with E-state index < -0.39 is 0 Å². The Morgan fingerprint density at radius 2 is 1.33 bits per heavy atom. The Balaban J connectivity index is 1.52. The molecular formula is C39H40. The Bertz CT molecular complexity index is 1610. The topological polar surface area (TPSA) is 0 Å². The van der Waals surface area contributed by atoms with E-state index in [4.69, 9.17) is 0 Å². The van der Waals surface area contributed by atoms with Crippen LogP contribution < -0.4 is 0 Å². The molecule has 6 rings (SSSR count). The Labute approximate surface area is 235 Å². The van der Waals surface area contributed by atoms with Gasteiger partial charge >= 0.3 is 0 Å². The van der Waals surface area contributed by atoms with Crippen LogP contribution in [0.15, 0.2) is 97.1 Å². The van der Waals surface area contributed by atoms with Gasteiger partial charge in [0.15, 0.2) is 0 Å². The molecule has 0 fully saturated rings. The number of rotatable bonds is 3. The summed E-state index contributed by atoms with van der Waals surface area (Å²) < 4.78 is 0. The summed E-state index contributed by atoms with van der Waals surface area (Å²) in [6.07, 6.45) is 9.66. The maximum Gasteiger partial charge on any atom is 0.0497 e. The first-order valence-electron chi connectivity index (χ1n) is 14.3. The van der Waals surface area contributed by atoms with Crippen molar-refractivity contribution in [2.45, 2.75) is 70.6 Å². The summed E-state index contributed by atoms with van der Waals surface area (Å²) in [6.45, 7) is 16.0. The lowest BCUT2D eigenvalue weighted by molar-refractivity contribution is 0.573. The van der Waals surface area contributed by atoms with Gasteiger partial charge in [0.1, 0.15) is 0 Å². The zero-order valence-electron chi connectivity index (χ0n) is 24.5. The first-order chi connectivity index (χ1) is 18.5. The number of fused-ring (bicyclic) bond motifs is 2. The first kappa shape index (κ1) is 25.6. The summed E-state index contributed by atoms with van der Waals surface area (Å²) in [5.41, 5.74) is 13.6. The normalized spacial score (nSPS) is 19.8. The second-order valence-corrected chi connectivity index (χ2v) is 13.5. The van der Waals surface area contributed by atoms with Crippen LogP contribution in [0, 0.1) is 6.92 Å². The van der Waals surface area contributed by atoms with Gasteiger partial charge in [-0.3, -0.25) is 0 Å². The maximum atomic E-state index is 2.48. The largest absolute Gasteiger partial charge is 0.0748 e. The SMILES string of the molecule is Cc1cc(C(C)(C)C)ccc1C1(C2C=Cc3c(-c4ccc(C(C)(C)C)cc4)cccc32)C=Cc2ccccc21. The van der Waals surface area contributed by atoms with Gasteiger partial charge in [0.2, 0.25) is 0 Å². The van der Waals surface area contributed by atoms with E-state index in [2.05, 4.69) is 158 Å². The Morgan fingerprint density at radius 3 is 2.03 bits per heavy atom. The highest BCUT2D eigenvalue weighted by atomic mass is 14.5. The molecule has 2 unspecified atom stereocenters. The van der Waals surface area contributed by atoms with Crippen LogP contribution in [0.1, 0.15) is 92.0 Å². The molecule has 0 spiro atoms. The van der Waals surface area contributed by atoms with Crippen LogP contribution in [0.5, 0.6) is 0 Å². The van der Waals surface area contributed by atoms with Crippen molar-refractivity contribution in [3.63, 3.8) is 0 Å². The van der Waals surface area contributed by atoms with Crippen LogP contribution in [0.3, 0.4) is 0 Å². The smallest absolute Gasteiger partial charge is 0.0497 e. The van der Waals surface area contributed by atoms with E-state index in [0.29, 0.717) is 0 Å². The summed E-state index contributed by atoms with van der Waals surface area (Å²) >= 11 is 0. The van der Waals surface area contributed by atoms with Crippen LogP contribution in [-0.2, 0) is 16.2 Å². The molecule has 0 saturated carbocycles. The molecular weight excluding hydrogens is 468 g/mol. The van der Waals surface area contributed by atoms with Crippen molar-refractivity contribution in [3.05, 3.63) is 142 Å². The molecule has 4 aromatic carbocycles. The van der Waals surface area contributed by atoms with Gasteiger partial charge in [-0.25, -0.2) is 0 Å². The zero-order chi connectivity index (χ0) is 27.6. The van der Waals surface area contributed by atoms with Crippen LogP contribution in [-0.4, -0.2) is 0 Å². The van der Waals surface area contributed by atoms with Gasteiger partial charge in [-0.1, -0.05) is 151 Å². The molecule has 0 bridgehead atoms. The average Bonchev–Trinajstić information content (AvgIpc) is 3.50. The van der Waals surface area contributed by atoms with Gasteiger partial charge in [0.05, 0.1) is 0 Å². The summed E-state index contributed by atoms with van der Waals surface area (Å²) in [5, 5.41) is 0. The lowest BCUT2D eigenvalue weighted by Gasteiger charge is -2.38. The van der Waals surface area contributed by atoms with E-state index in [1.807, 2.05) is 0 Å². The Morgan fingerprint density at radius 1 is 0.641 bits per heavy atom. The lowest BCUT2D eigenvalue weighted by atomic mass is 9.64. The van der Waals surface area contributed by atoms with Gasteiger partial charge in [0.25, 0.3) is 0 Å². The molecule has 0 aromatic heterocycles. The highest BCUT2D eigenvalue weighted by molar-refractivity contribution is 5.83. The molecule has 0 nitrogen and oxygen atoms in total. The fraction of sp³-hybridized carbons (Fsp3) is 0.282. The van der Waals surface area contributed by atoms with Crippen molar-refractivity contribution in [3.8, 4) is 11.1 Å². The minimum atomic E-state index is -0.243. The fourth-order valence-electron chi connectivity index (χ4n) is 6.73. The zero-order valence-corrected chi connectivity index (χ0v) is 24.5. The van der Waals surface area contributed by atoms with Crippen LogP contribution in [0.2, 0.25) is 0 Å². The number of allylic oxidation sites excluding steroid dienone is 2. The van der Waals surface area contributed by atoms with Crippen molar-refractivity contribution in [1.29, 1.82) is 0 Å². The maximum absolute atomic E-state index is 2.48. The molecule has 0 amide bonds. The Kier molecular flexibility index (Phi) is 5.88. The van der Waals surface area contributed by atoms with Gasteiger partial charge in [0, 0.05) is 11.3 Å². The number of hydrogen-bond acceptors (Lipinski definition) is 0. The Hall–Kier alpha value is -3.64. The third kappa shape index (κ3) is 4.13. The van der Waals surface area contributed by atoms with Crippen molar-refractivity contribution in [1.82, 2.24) is 0 Å². The number of benzene rings is 4. The molecule has 4 aromatic rings. The van der Waals surface area contributed by atoms with E-state index >= 15 is 0 Å². The molecule has 0 heteroatoms. The van der Waals surface area contributed by atoms with Crippen molar-refractivity contribution in [2.24, 2.45) is 0 Å².